The van der Waals surface area contributed by atoms with E-state index in [1.54, 1.807) is 11.8 Å². The van der Waals surface area contributed by atoms with Gasteiger partial charge in [-0.1, -0.05) is 24.6 Å². The zero-order chi connectivity index (χ0) is 12.1. The maximum absolute atomic E-state index is 9.52. The summed E-state index contributed by atoms with van der Waals surface area (Å²) in [6, 6.07) is 6.47. The van der Waals surface area contributed by atoms with Crippen LogP contribution >= 0.6 is 11.8 Å². The van der Waals surface area contributed by atoms with Gasteiger partial charge in [0.1, 0.15) is 0 Å². The third kappa shape index (κ3) is 3.81. The summed E-state index contributed by atoms with van der Waals surface area (Å²) >= 11 is 1.74. The maximum atomic E-state index is 9.52. The van der Waals surface area contributed by atoms with Gasteiger partial charge in [0.05, 0.1) is 6.10 Å². The fraction of sp³-hybridized carbons (Fsp3) is 0.538. The van der Waals surface area contributed by atoms with Gasteiger partial charge in [0.2, 0.25) is 0 Å². The molecule has 1 aromatic carbocycles. The minimum atomic E-state index is -0.284. The topological polar surface area (TPSA) is 32.3 Å². The first-order chi connectivity index (χ1) is 7.54. The predicted molar refractivity (Wildman–Crippen MR) is 70.9 cm³/mol. The molecule has 2 N–H and O–H groups in total. The van der Waals surface area contributed by atoms with Gasteiger partial charge in [-0.25, -0.2) is 0 Å². The van der Waals surface area contributed by atoms with E-state index in [9.17, 15) is 5.11 Å². The molecular formula is C13H21NOS. The molecule has 2 unspecified atom stereocenters. The summed E-state index contributed by atoms with van der Waals surface area (Å²) in [5, 5.41) is 12.9. The molecule has 2 atom stereocenters. The Balaban J connectivity index is 2.85. The zero-order valence-corrected chi connectivity index (χ0v) is 11.3. The van der Waals surface area contributed by atoms with Crippen molar-refractivity contribution in [1.82, 2.24) is 5.32 Å². The first-order valence-corrected chi connectivity index (χ1v) is 6.51. The van der Waals surface area contributed by atoms with E-state index in [1.165, 1.54) is 16.0 Å². The number of benzene rings is 1. The number of thioether (sulfide) groups is 1. The number of nitrogens with one attached hydrogen (secondary N) is 1. The van der Waals surface area contributed by atoms with Crippen molar-refractivity contribution in [2.45, 2.75) is 43.6 Å². The van der Waals surface area contributed by atoms with Gasteiger partial charge >= 0.3 is 0 Å². The molecule has 16 heavy (non-hydrogen) atoms. The van der Waals surface area contributed by atoms with E-state index in [1.807, 2.05) is 14.0 Å². The predicted octanol–water partition coefficient (Wildman–Crippen LogP) is 2.58. The lowest BCUT2D eigenvalue weighted by atomic mass is 10.1. The van der Waals surface area contributed by atoms with Gasteiger partial charge in [-0.05, 0) is 32.5 Å². The second-order valence-corrected chi connectivity index (χ2v) is 5.62. The Morgan fingerprint density at radius 2 is 2.06 bits per heavy atom. The zero-order valence-electron chi connectivity index (χ0n) is 10.4. The summed E-state index contributed by atoms with van der Waals surface area (Å²) in [4.78, 5) is 1.26. The molecule has 0 aliphatic rings. The SMILES string of the molecule is CNCc1cc(C)ccc1SC(C)C(C)O. The molecule has 90 valence electrons. The molecule has 0 radical (unpaired) electrons. The Bertz CT molecular complexity index is 339. The molecule has 0 saturated heterocycles. The number of rotatable bonds is 5. The van der Waals surface area contributed by atoms with Gasteiger partial charge in [-0.2, -0.15) is 0 Å². The summed E-state index contributed by atoms with van der Waals surface area (Å²) in [5.41, 5.74) is 2.58. The minimum Gasteiger partial charge on any atom is -0.392 e. The highest BCUT2D eigenvalue weighted by atomic mass is 32.2. The molecule has 1 rings (SSSR count). The Morgan fingerprint density at radius 1 is 1.38 bits per heavy atom. The second-order valence-electron chi connectivity index (χ2n) is 4.21. The number of aliphatic hydroxyl groups is 1. The summed E-state index contributed by atoms with van der Waals surface area (Å²) in [6.07, 6.45) is -0.284. The molecule has 0 heterocycles. The summed E-state index contributed by atoms with van der Waals surface area (Å²) < 4.78 is 0. The van der Waals surface area contributed by atoms with E-state index in [0.29, 0.717) is 0 Å². The first-order valence-electron chi connectivity index (χ1n) is 5.63. The van der Waals surface area contributed by atoms with Crippen LogP contribution in [0.3, 0.4) is 0 Å². The van der Waals surface area contributed by atoms with E-state index in [-0.39, 0.29) is 11.4 Å². The lowest BCUT2D eigenvalue weighted by molar-refractivity contribution is 0.196. The smallest absolute Gasteiger partial charge is 0.0631 e. The molecule has 0 amide bonds. The highest BCUT2D eigenvalue weighted by Crippen LogP contribution is 2.29. The molecule has 0 saturated carbocycles. The number of aliphatic hydroxyl groups excluding tert-OH is 1. The first kappa shape index (κ1) is 13.6. The highest BCUT2D eigenvalue weighted by molar-refractivity contribution is 8.00. The van der Waals surface area contributed by atoms with Crippen LogP contribution in [0.15, 0.2) is 23.1 Å². The van der Waals surface area contributed by atoms with Crippen molar-refractivity contribution in [3.63, 3.8) is 0 Å². The summed E-state index contributed by atoms with van der Waals surface area (Å²) in [5.74, 6) is 0. The molecule has 0 aliphatic heterocycles. The van der Waals surface area contributed by atoms with Crippen LogP contribution in [0, 0.1) is 6.92 Å². The lowest BCUT2D eigenvalue weighted by Gasteiger charge is -2.17. The van der Waals surface area contributed by atoms with Crippen molar-refractivity contribution in [3.8, 4) is 0 Å². The molecule has 0 aliphatic carbocycles. The van der Waals surface area contributed by atoms with Crippen molar-refractivity contribution in [3.05, 3.63) is 29.3 Å². The van der Waals surface area contributed by atoms with Gasteiger partial charge in [0.25, 0.3) is 0 Å². The monoisotopic (exact) mass is 239 g/mol. The Labute approximate surface area is 102 Å². The summed E-state index contributed by atoms with van der Waals surface area (Å²) in [6.45, 7) is 6.87. The minimum absolute atomic E-state index is 0.221. The standard InChI is InChI=1S/C13H21NOS/c1-9-5-6-13(12(7-9)8-14-4)16-11(3)10(2)15/h5-7,10-11,14-15H,8H2,1-4H3. The molecule has 0 aromatic heterocycles. The molecule has 0 bridgehead atoms. The van der Waals surface area contributed by atoms with Crippen molar-refractivity contribution >= 4 is 11.8 Å². The Kier molecular flexibility index (Phi) is 5.32. The van der Waals surface area contributed by atoms with E-state index in [0.717, 1.165) is 6.54 Å². The van der Waals surface area contributed by atoms with Crippen LogP contribution in [0.25, 0.3) is 0 Å². The van der Waals surface area contributed by atoms with Crippen LogP contribution in [-0.2, 0) is 6.54 Å². The Hall–Kier alpha value is -0.510. The van der Waals surface area contributed by atoms with E-state index in [4.69, 9.17) is 0 Å². The van der Waals surface area contributed by atoms with E-state index >= 15 is 0 Å². The van der Waals surface area contributed by atoms with Crippen LogP contribution in [0.2, 0.25) is 0 Å². The summed E-state index contributed by atoms with van der Waals surface area (Å²) in [7, 11) is 1.95. The van der Waals surface area contributed by atoms with Gasteiger partial charge in [0, 0.05) is 16.7 Å². The van der Waals surface area contributed by atoms with Crippen molar-refractivity contribution < 1.29 is 5.11 Å². The van der Waals surface area contributed by atoms with Crippen LogP contribution < -0.4 is 5.32 Å². The van der Waals surface area contributed by atoms with Crippen LogP contribution in [0.4, 0.5) is 0 Å². The van der Waals surface area contributed by atoms with Crippen molar-refractivity contribution in [1.29, 1.82) is 0 Å². The van der Waals surface area contributed by atoms with Gasteiger partial charge < -0.3 is 10.4 Å². The second kappa shape index (κ2) is 6.28. The highest BCUT2D eigenvalue weighted by Gasteiger charge is 2.12. The fourth-order valence-corrected chi connectivity index (χ4v) is 2.48. The van der Waals surface area contributed by atoms with Crippen molar-refractivity contribution in [2.24, 2.45) is 0 Å². The molecule has 2 nitrogen and oxygen atoms in total. The van der Waals surface area contributed by atoms with Gasteiger partial charge in [0.15, 0.2) is 0 Å². The maximum Gasteiger partial charge on any atom is 0.0631 e. The molecule has 1 aromatic rings. The van der Waals surface area contributed by atoms with Crippen LogP contribution in [-0.4, -0.2) is 23.5 Å². The van der Waals surface area contributed by atoms with Gasteiger partial charge in [-0.3, -0.25) is 0 Å². The van der Waals surface area contributed by atoms with Crippen LogP contribution in [0.1, 0.15) is 25.0 Å². The molecule has 0 spiro atoms. The quantitative estimate of drug-likeness (QED) is 0.775. The average molecular weight is 239 g/mol. The third-order valence-electron chi connectivity index (χ3n) is 2.58. The lowest BCUT2D eigenvalue weighted by Crippen LogP contribution is -2.15. The Morgan fingerprint density at radius 3 is 2.62 bits per heavy atom. The van der Waals surface area contributed by atoms with Crippen LogP contribution in [0.5, 0.6) is 0 Å². The molecule has 0 fully saturated rings. The number of aryl methyl sites for hydroxylation is 1. The third-order valence-corrected chi connectivity index (χ3v) is 3.99. The number of hydrogen-bond donors (Lipinski definition) is 2. The largest absolute Gasteiger partial charge is 0.392 e. The van der Waals surface area contributed by atoms with Crippen molar-refractivity contribution in [2.75, 3.05) is 7.05 Å². The number of hydrogen-bond acceptors (Lipinski definition) is 3. The van der Waals surface area contributed by atoms with Gasteiger partial charge in [-0.15, -0.1) is 11.8 Å². The molecule has 3 heteroatoms. The average Bonchev–Trinajstić information content (AvgIpc) is 2.22. The fourth-order valence-electron chi connectivity index (χ4n) is 1.45. The molecular weight excluding hydrogens is 218 g/mol. The van der Waals surface area contributed by atoms with E-state index in [2.05, 4.69) is 37.4 Å². The normalized spacial score (nSPS) is 14.8. The van der Waals surface area contributed by atoms with E-state index < -0.39 is 0 Å².